The van der Waals surface area contributed by atoms with E-state index in [9.17, 15) is 14.4 Å². The van der Waals surface area contributed by atoms with Crippen molar-refractivity contribution in [3.05, 3.63) is 97.7 Å². The van der Waals surface area contributed by atoms with Gasteiger partial charge in [0.05, 0.1) is 29.4 Å². The van der Waals surface area contributed by atoms with Crippen LogP contribution < -0.4 is 10.9 Å². The van der Waals surface area contributed by atoms with Crippen molar-refractivity contribution < 1.29 is 9.59 Å². The van der Waals surface area contributed by atoms with Gasteiger partial charge >= 0.3 is 0 Å². The number of halogens is 1. The molecule has 1 aromatic carbocycles. The van der Waals surface area contributed by atoms with Crippen molar-refractivity contribution in [2.24, 2.45) is 9.98 Å². The molecule has 0 bridgehead atoms. The molecule has 4 aromatic rings. The van der Waals surface area contributed by atoms with Crippen molar-refractivity contribution in [3.63, 3.8) is 0 Å². The van der Waals surface area contributed by atoms with Gasteiger partial charge in [-0.2, -0.15) is 4.99 Å². The first kappa shape index (κ1) is 24.5. The van der Waals surface area contributed by atoms with E-state index in [2.05, 4.69) is 15.3 Å². The van der Waals surface area contributed by atoms with E-state index in [-0.39, 0.29) is 17.9 Å². The largest absolute Gasteiger partial charge is 0.351 e. The lowest BCUT2D eigenvalue weighted by Crippen LogP contribution is -2.45. The maximum atomic E-state index is 13.0. The highest BCUT2D eigenvalue weighted by Crippen LogP contribution is 2.35. The molecule has 38 heavy (non-hydrogen) atoms. The Balaban J connectivity index is 1.26. The van der Waals surface area contributed by atoms with Crippen LogP contribution >= 0.6 is 34.7 Å². The average molecular weight is 563 g/mol. The van der Waals surface area contributed by atoms with Crippen LogP contribution in [0.15, 0.2) is 81.0 Å². The summed E-state index contributed by atoms with van der Waals surface area (Å²) in [5.41, 5.74) is 2.20. The molecule has 6 rings (SSSR count). The summed E-state index contributed by atoms with van der Waals surface area (Å²) in [6.07, 6.45) is 1.47. The van der Waals surface area contributed by atoms with E-state index in [0.717, 1.165) is 10.4 Å². The van der Waals surface area contributed by atoms with Crippen molar-refractivity contribution in [2.75, 3.05) is 0 Å². The smallest absolute Gasteiger partial charge is 0.271 e. The van der Waals surface area contributed by atoms with E-state index in [1.165, 1.54) is 28.4 Å². The highest BCUT2D eigenvalue weighted by atomic mass is 35.5. The van der Waals surface area contributed by atoms with Gasteiger partial charge in [-0.05, 0) is 35.7 Å². The molecule has 0 radical (unpaired) electrons. The summed E-state index contributed by atoms with van der Waals surface area (Å²) in [6, 6.07) is 15.3. The minimum Gasteiger partial charge on any atom is -0.351 e. The molecule has 0 saturated carbocycles. The van der Waals surface area contributed by atoms with Gasteiger partial charge in [-0.3, -0.25) is 23.7 Å². The number of nitrogens with zero attached hydrogens (tertiary/aromatic N) is 5. The fourth-order valence-corrected chi connectivity index (χ4v) is 6.03. The average Bonchev–Trinajstić information content (AvgIpc) is 3.55. The predicted octanol–water partition coefficient (Wildman–Crippen LogP) is 4.01. The van der Waals surface area contributed by atoms with Gasteiger partial charge in [0.15, 0.2) is 5.17 Å². The summed E-state index contributed by atoms with van der Waals surface area (Å²) >= 11 is 8.90. The number of aliphatic imine (C=N–C) groups is 2. The Morgan fingerprint density at radius 2 is 1.97 bits per heavy atom. The number of thioether (sulfide) groups is 1. The molecular formula is C26H19ClN6O3S2. The lowest BCUT2D eigenvalue weighted by molar-refractivity contribution is -0.126. The van der Waals surface area contributed by atoms with Crippen LogP contribution in [0.25, 0.3) is 5.65 Å². The van der Waals surface area contributed by atoms with Crippen molar-refractivity contribution in [3.8, 4) is 0 Å². The summed E-state index contributed by atoms with van der Waals surface area (Å²) in [4.78, 5) is 54.9. The number of para-hydroxylation sites is 1. The molecule has 2 aliphatic heterocycles. The maximum absolute atomic E-state index is 13.0. The molecule has 2 aliphatic rings. The van der Waals surface area contributed by atoms with Crippen molar-refractivity contribution in [2.45, 2.75) is 24.8 Å². The number of hydrogen-bond acceptors (Lipinski definition) is 8. The third-order valence-corrected chi connectivity index (χ3v) is 8.14. The lowest BCUT2D eigenvalue weighted by Gasteiger charge is -2.30. The Labute approximate surface area is 229 Å². The number of rotatable bonds is 6. The molecule has 1 unspecified atom stereocenters. The van der Waals surface area contributed by atoms with Crippen LogP contribution in [0.5, 0.6) is 0 Å². The summed E-state index contributed by atoms with van der Waals surface area (Å²) in [5, 5.41) is 5.79. The number of nitrogens with one attached hydrogen (secondary N) is 1. The predicted molar refractivity (Wildman–Crippen MR) is 149 cm³/mol. The van der Waals surface area contributed by atoms with E-state index < -0.39 is 11.9 Å². The number of carbonyl (C=O) groups is 2. The highest BCUT2D eigenvalue weighted by Gasteiger charge is 2.42. The van der Waals surface area contributed by atoms with Gasteiger partial charge in [0.25, 0.3) is 11.5 Å². The molecule has 1 atom stereocenters. The Morgan fingerprint density at radius 1 is 1.11 bits per heavy atom. The van der Waals surface area contributed by atoms with Crippen LogP contribution in [-0.4, -0.2) is 43.1 Å². The van der Waals surface area contributed by atoms with E-state index in [0.29, 0.717) is 45.4 Å². The molecule has 2 amide bonds. The monoisotopic (exact) mass is 562 g/mol. The number of amides is 2. The molecule has 0 fully saturated rings. The normalized spacial score (nSPS) is 16.2. The quantitative estimate of drug-likeness (QED) is 0.380. The number of hydrogen-bond donors (Lipinski definition) is 1. The van der Waals surface area contributed by atoms with E-state index in [4.69, 9.17) is 16.6 Å². The minimum absolute atomic E-state index is 0.0602. The Hall–Kier alpha value is -3.80. The van der Waals surface area contributed by atoms with E-state index in [1.807, 2.05) is 41.8 Å². The number of aromatic nitrogens is 2. The first-order valence-electron chi connectivity index (χ1n) is 11.7. The van der Waals surface area contributed by atoms with Gasteiger partial charge in [0, 0.05) is 28.5 Å². The van der Waals surface area contributed by atoms with Crippen molar-refractivity contribution >= 4 is 68.9 Å². The topological polar surface area (TPSA) is 108 Å². The molecule has 12 heteroatoms. The van der Waals surface area contributed by atoms with Crippen molar-refractivity contribution in [1.82, 2.24) is 19.6 Å². The highest BCUT2D eigenvalue weighted by molar-refractivity contribution is 8.13. The zero-order chi connectivity index (χ0) is 26.2. The van der Waals surface area contributed by atoms with Crippen LogP contribution in [0.4, 0.5) is 5.69 Å². The molecular weight excluding hydrogens is 544 g/mol. The van der Waals surface area contributed by atoms with Crippen LogP contribution in [0.1, 0.15) is 22.6 Å². The molecule has 3 aromatic heterocycles. The number of pyridine rings is 1. The number of fused-ring (bicyclic) bond motifs is 4. The SMILES string of the molecule is O=C(CC1C(=O)N=C2c3ccccc3N=C(SCc3cc(=O)n4cc(Cl)ccc4n3)N21)NCc1cccs1. The molecule has 5 heterocycles. The van der Waals surface area contributed by atoms with Gasteiger partial charge in [0.1, 0.15) is 17.5 Å². The van der Waals surface area contributed by atoms with Crippen LogP contribution in [0.2, 0.25) is 5.02 Å². The summed E-state index contributed by atoms with van der Waals surface area (Å²) in [5.74, 6) is 0.153. The summed E-state index contributed by atoms with van der Waals surface area (Å²) in [6.45, 7) is 0.401. The van der Waals surface area contributed by atoms with Gasteiger partial charge in [-0.25, -0.2) is 9.98 Å². The molecule has 1 N–H and O–H groups in total. The Kier molecular flexibility index (Phi) is 6.56. The number of carbonyl (C=O) groups excluding carboxylic acids is 2. The van der Waals surface area contributed by atoms with Gasteiger partial charge in [0.2, 0.25) is 5.91 Å². The lowest BCUT2D eigenvalue weighted by atomic mass is 10.1. The number of thiophene rings is 1. The molecule has 0 spiro atoms. The summed E-state index contributed by atoms with van der Waals surface area (Å²) < 4.78 is 1.39. The van der Waals surface area contributed by atoms with Crippen LogP contribution in [0.3, 0.4) is 0 Å². The number of amidine groups is 2. The number of benzene rings is 1. The first-order valence-corrected chi connectivity index (χ1v) is 13.9. The zero-order valence-corrected chi connectivity index (χ0v) is 22.1. The molecule has 190 valence electrons. The maximum Gasteiger partial charge on any atom is 0.271 e. The van der Waals surface area contributed by atoms with Gasteiger partial charge in [-0.15, -0.1) is 11.3 Å². The van der Waals surface area contributed by atoms with Crippen LogP contribution in [0, 0.1) is 0 Å². The third kappa shape index (κ3) is 4.75. The zero-order valence-electron chi connectivity index (χ0n) is 19.7. The Bertz CT molecular complexity index is 1700. The molecule has 9 nitrogen and oxygen atoms in total. The fraction of sp³-hybridized carbons (Fsp3) is 0.154. The van der Waals surface area contributed by atoms with Crippen molar-refractivity contribution in [1.29, 1.82) is 0 Å². The Morgan fingerprint density at radius 3 is 2.82 bits per heavy atom. The van der Waals surface area contributed by atoms with Crippen LogP contribution in [-0.2, 0) is 21.9 Å². The van der Waals surface area contributed by atoms with E-state index >= 15 is 0 Å². The standard InChI is InChI=1S/C26H19ClN6O3S2/c27-15-7-8-21-29-16(10-23(35)32(21)13-15)14-38-26-30-19-6-2-1-5-18(19)24-31-25(36)20(33(24)26)11-22(34)28-12-17-4-3-9-37-17/h1-10,13,20H,11-12,14H2,(H,28,34). The second-order valence-corrected chi connectivity index (χ2v) is 11.0. The van der Waals surface area contributed by atoms with Gasteiger partial charge in [-0.1, -0.05) is 41.6 Å². The minimum atomic E-state index is -0.815. The molecule has 0 aliphatic carbocycles. The third-order valence-electron chi connectivity index (χ3n) is 6.05. The molecule has 0 saturated heterocycles. The van der Waals surface area contributed by atoms with E-state index in [1.54, 1.807) is 28.4 Å². The second-order valence-electron chi connectivity index (χ2n) is 8.58. The first-order chi connectivity index (χ1) is 18.5. The fourth-order valence-electron chi connectivity index (χ4n) is 4.29. The second kappa shape index (κ2) is 10.2. The summed E-state index contributed by atoms with van der Waals surface area (Å²) in [7, 11) is 0. The van der Waals surface area contributed by atoms with Gasteiger partial charge < -0.3 is 5.32 Å².